The van der Waals surface area contributed by atoms with E-state index in [1.165, 1.54) is 23.1 Å². The van der Waals surface area contributed by atoms with Crippen LogP contribution in [0.5, 0.6) is 0 Å². The Hall–Kier alpha value is -1.88. The van der Waals surface area contributed by atoms with Crippen LogP contribution in [0.3, 0.4) is 0 Å². The van der Waals surface area contributed by atoms with Crippen molar-refractivity contribution in [2.24, 2.45) is 11.0 Å². The van der Waals surface area contributed by atoms with Crippen LogP contribution in [0, 0.1) is 5.92 Å². The highest BCUT2D eigenvalue weighted by molar-refractivity contribution is 7.14. The summed E-state index contributed by atoms with van der Waals surface area (Å²) in [7, 11) is 0. The number of carbonyl (C=O) groups is 1. The summed E-state index contributed by atoms with van der Waals surface area (Å²) in [5, 5.41) is 3.90. The van der Waals surface area contributed by atoms with Crippen molar-refractivity contribution < 1.29 is 9.21 Å². The standard InChI is InChI=1S/C15H16N2O2S/c1-10-4-5-13-11(7-10)8-14(20-13)15(18)17-16-9-12-3-2-6-19-12/h2-3,6,8-10H,4-5,7H2,1H3,(H,17,18). The fourth-order valence-corrected chi connectivity index (χ4v) is 3.49. The maximum absolute atomic E-state index is 12.0. The number of nitrogens with zero attached hydrogens (tertiary/aromatic N) is 1. The molecule has 4 nitrogen and oxygen atoms in total. The Kier molecular flexibility index (Phi) is 3.69. The number of aryl methyl sites for hydroxylation is 1. The van der Waals surface area contributed by atoms with Crippen molar-refractivity contribution in [3.63, 3.8) is 0 Å². The summed E-state index contributed by atoms with van der Waals surface area (Å²) in [6.45, 7) is 2.26. The second-order valence-corrected chi connectivity index (χ2v) is 6.26. The van der Waals surface area contributed by atoms with Gasteiger partial charge in [0.2, 0.25) is 0 Å². The molecule has 104 valence electrons. The lowest BCUT2D eigenvalue weighted by Gasteiger charge is -2.16. The van der Waals surface area contributed by atoms with Gasteiger partial charge >= 0.3 is 0 Å². The molecular formula is C15H16N2O2S. The molecule has 0 bridgehead atoms. The molecule has 20 heavy (non-hydrogen) atoms. The van der Waals surface area contributed by atoms with E-state index < -0.39 is 0 Å². The SMILES string of the molecule is CC1CCc2sc(C(=O)NN=Cc3ccco3)cc2C1. The van der Waals surface area contributed by atoms with Crippen LogP contribution in [0.2, 0.25) is 0 Å². The van der Waals surface area contributed by atoms with Crippen LogP contribution < -0.4 is 5.43 Å². The Morgan fingerprint density at radius 1 is 1.60 bits per heavy atom. The summed E-state index contributed by atoms with van der Waals surface area (Å²) in [6.07, 6.45) is 6.44. The van der Waals surface area contributed by atoms with Crippen molar-refractivity contribution in [3.8, 4) is 0 Å². The van der Waals surface area contributed by atoms with Crippen molar-refractivity contribution in [1.82, 2.24) is 5.43 Å². The molecule has 0 aromatic carbocycles. The first-order valence-electron chi connectivity index (χ1n) is 6.71. The third kappa shape index (κ3) is 2.82. The molecule has 0 saturated heterocycles. The van der Waals surface area contributed by atoms with Crippen LogP contribution >= 0.6 is 11.3 Å². The van der Waals surface area contributed by atoms with Gasteiger partial charge in [-0.05, 0) is 48.9 Å². The number of hydrazone groups is 1. The summed E-state index contributed by atoms with van der Waals surface area (Å²) in [5.74, 6) is 1.18. The molecule has 0 radical (unpaired) electrons. The van der Waals surface area contributed by atoms with Crippen molar-refractivity contribution in [2.75, 3.05) is 0 Å². The normalized spacial score (nSPS) is 18.1. The molecule has 0 fully saturated rings. The van der Waals surface area contributed by atoms with Crippen LogP contribution in [0.4, 0.5) is 0 Å². The third-order valence-electron chi connectivity index (χ3n) is 3.45. The fourth-order valence-electron chi connectivity index (χ4n) is 2.39. The third-order valence-corrected chi connectivity index (χ3v) is 4.69. The van der Waals surface area contributed by atoms with Crippen molar-refractivity contribution >= 4 is 23.5 Å². The van der Waals surface area contributed by atoms with E-state index in [0.29, 0.717) is 11.7 Å². The zero-order chi connectivity index (χ0) is 13.9. The van der Waals surface area contributed by atoms with Crippen molar-refractivity contribution in [3.05, 3.63) is 45.5 Å². The average Bonchev–Trinajstić information content (AvgIpc) is 3.06. The van der Waals surface area contributed by atoms with Gasteiger partial charge in [-0.25, -0.2) is 5.43 Å². The van der Waals surface area contributed by atoms with Crippen molar-refractivity contribution in [2.45, 2.75) is 26.2 Å². The van der Waals surface area contributed by atoms with Gasteiger partial charge in [0.05, 0.1) is 17.4 Å². The molecule has 1 atom stereocenters. The molecule has 1 unspecified atom stereocenters. The van der Waals surface area contributed by atoms with Gasteiger partial charge in [0.1, 0.15) is 5.76 Å². The Bertz CT molecular complexity index is 628. The molecule has 0 spiro atoms. The Morgan fingerprint density at radius 2 is 2.50 bits per heavy atom. The predicted octanol–water partition coefficient (Wildman–Crippen LogP) is 3.23. The second-order valence-electron chi connectivity index (χ2n) is 5.12. The van der Waals surface area contributed by atoms with Gasteiger partial charge < -0.3 is 4.42 Å². The number of hydrogen-bond acceptors (Lipinski definition) is 4. The molecule has 2 heterocycles. The quantitative estimate of drug-likeness (QED) is 0.696. The number of furan rings is 1. The predicted molar refractivity (Wildman–Crippen MR) is 79.3 cm³/mol. The summed E-state index contributed by atoms with van der Waals surface area (Å²) >= 11 is 1.58. The second kappa shape index (κ2) is 5.63. The molecule has 2 aromatic rings. The number of fused-ring (bicyclic) bond motifs is 1. The molecule has 1 aliphatic carbocycles. The largest absolute Gasteiger partial charge is 0.463 e. The molecular weight excluding hydrogens is 272 g/mol. The highest BCUT2D eigenvalue weighted by Crippen LogP contribution is 2.32. The van der Waals surface area contributed by atoms with E-state index in [1.807, 2.05) is 6.07 Å². The zero-order valence-electron chi connectivity index (χ0n) is 11.3. The number of rotatable bonds is 3. The van der Waals surface area contributed by atoms with Gasteiger partial charge in [-0.1, -0.05) is 6.92 Å². The van der Waals surface area contributed by atoms with Crippen LogP contribution in [0.15, 0.2) is 34.0 Å². The fraction of sp³-hybridized carbons (Fsp3) is 0.333. The molecule has 1 aliphatic rings. The first kappa shape index (κ1) is 13.1. The van der Waals surface area contributed by atoms with E-state index in [0.717, 1.165) is 17.7 Å². The van der Waals surface area contributed by atoms with E-state index >= 15 is 0 Å². The number of thiophene rings is 1. The Labute approximate surface area is 121 Å². The molecule has 1 N–H and O–H groups in total. The molecule has 2 aromatic heterocycles. The molecule has 0 saturated carbocycles. The molecule has 3 rings (SSSR count). The van der Waals surface area contributed by atoms with E-state index in [-0.39, 0.29) is 5.91 Å². The summed E-state index contributed by atoms with van der Waals surface area (Å²) in [4.78, 5) is 14.1. The Balaban J connectivity index is 1.66. The summed E-state index contributed by atoms with van der Waals surface area (Å²) in [6, 6.07) is 5.56. The average molecular weight is 288 g/mol. The minimum atomic E-state index is -0.153. The highest BCUT2D eigenvalue weighted by atomic mass is 32.1. The van der Waals surface area contributed by atoms with Crippen LogP contribution in [0.25, 0.3) is 0 Å². The van der Waals surface area contributed by atoms with Gasteiger partial charge in [0.15, 0.2) is 0 Å². The molecule has 1 amide bonds. The maximum atomic E-state index is 12.0. The number of hydrogen-bond donors (Lipinski definition) is 1. The number of nitrogens with one attached hydrogen (secondary N) is 1. The zero-order valence-corrected chi connectivity index (χ0v) is 12.1. The molecule has 0 aliphatic heterocycles. The Morgan fingerprint density at radius 3 is 3.30 bits per heavy atom. The lowest BCUT2D eigenvalue weighted by atomic mass is 9.90. The van der Waals surface area contributed by atoms with E-state index in [1.54, 1.807) is 29.7 Å². The topological polar surface area (TPSA) is 54.6 Å². The number of amides is 1. The van der Waals surface area contributed by atoms with Crippen LogP contribution in [-0.4, -0.2) is 12.1 Å². The van der Waals surface area contributed by atoms with Gasteiger partial charge in [-0.3, -0.25) is 4.79 Å². The first-order chi connectivity index (χ1) is 9.72. The first-order valence-corrected chi connectivity index (χ1v) is 7.52. The van der Waals surface area contributed by atoms with Crippen molar-refractivity contribution in [1.29, 1.82) is 0 Å². The van der Waals surface area contributed by atoms with Gasteiger partial charge in [0, 0.05) is 4.88 Å². The lowest BCUT2D eigenvalue weighted by Crippen LogP contribution is -2.16. The smallest absolute Gasteiger partial charge is 0.281 e. The van der Waals surface area contributed by atoms with Crippen LogP contribution in [-0.2, 0) is 12.8 Å². The summed E-state index contributed by atoms with van der Waals surface area (Å²) < 4.78 is 5.10. The van der Waals surface area contributed by atoms with E-state index in [9.17, 15) is 4.79 Å². The van der Waals surface area contributed by atoms with Gasteiger partial charge in [-0.2, -0.15) is 5.10 Å². The highest BCUT2D eigenvalue weighted by Gasteiger charge is 2.20. The van der Waals surface area contributed by atoms with Crippen LogP contribution in [0.1, 0.15) is 39.2 Å². The lowest BCUT2D eigenvalue weighted by molar-refractivity contribution is 0.0959. The van der Waals surface area contributed by atoms with E-state index in [4.69, 9.17) is 4.42 Å². The minimum Gasteiger partial charge on any atom is -0.463 e. The van der Waals surface area contributed by atoms with Gasteiger partial charge in [0.25, 0.3) is 5.91 Å². The maximum Gasteiger partial charge on any atom is 0.281 e. The minimum absolute atomic E-state index is 0.153. The molecule has 5 heteroatoms. The number of carbonyl (C=O) groups excluding carboxylic acids is 1. The van der Waals surface area contributed by atoms with Gasteiger partial charge in [-0.15, -0.1) is 11.3 Å². The monoisotopic (exact) mass is 288 g/mol. The summed E-state index contributed by atoms with van der Waals surface area (Å²) in [5.41, 5.74) is 3.87. The van der Waals surface area contributed by atoms with E-state index in [2.05, 4.69) is 17.5 Å².